The molecule has 2 aromatic heterocycles. The van der Waals surface area contributed by atoms with E-state index >= 15 is 0 Å². The number of alkyl halides is 3. The number of hydrogen-bond acceptors (Lipinski definition) is 6. The lowest BCUT2D eigenvalue weighted by atomic mass is 10.1. The number of aromatic nitrogens is 2. The minimum atomic E-state index is -4.62. The average Bonchev–Trinajstić information content (AvgIpc) is 3.48. The minimum absolute atomic E-state index is 0.0411. The summed E-state index contributed by atoms with van der Waals surface area (Å²) in [5.74, 6) is -0.897. The van der Waals surface area contributed by atoms with Gasteiger partial charge in [-0.15, -0.1) is 11.3 Å². The van der Waals surface area contributed by atoms with Gasteiger partial charge in [0.25, 0.3) is 0 Å². The number of halogens is 3. The fourth-order valence-corrected chi connectivity index (χ4v) is 4.65. The van der Waals surface area contributed by atoms with Crippen molar-refractivity contribution < 1.29 is 32.9 Å². The Morgan fingerprint density at radius 1 is 1.11 bits per heavy atom. The van der Waals surface area contributed by atoms with Crippen molar-refractivity contribution in [3.63, 3.8) is 0 Å². The van der Waals surface area contributed by atoms with Crippen LogP contribution in [-0.2, 0) is 6.18 Å². The van der Waals surface area contributed by atoms with Gasteiger partial charge in [0, 0.05) is 28.2 Å². The number of hydrogen-bond donors (Lipinski definition) is 2. The molecule has 2 heterocycles. The van der Waals surface area contributed by atoms with E-state index in [2.05, 4.69) is 9.98 Å². The summed E-state index contributed by atoms with van der Waals surface area (Å²) >= 11 is 1.26. The zero-order valence-electron chi connectivity index (χ0n) is 19.6. The van der Waals surface area contributed by atoms with Crippen molar-refractivity contribution in [1.82, 2.24) is 9.55 Å². The lowest BCUT2D eigenvalue weighted by Gasteiger charge is -2.10. The molecular formula is C27H18F3N3O4S. The summed E-state index contributed by atoms with van der Waals surface area (Å²) in [6, 6.07) is 15.9. The Balaban J connectivity index is 1.60. The highest BCUT2D eigenvalue weighted by molar-refractivity contribution is 7.13. The topological polar surface area (TPSA) is 96.9 Å². The van der Waals surface area contributed by atoms with Crippen LogP contribution < -0.4 is 4.74 Å². The van der Waals surface area contributed by atoms with Gasteiger partial charge >= 0.3 is 12.1 Å². The van der Waals surface area contributed by atoms with Gasteiger partial charge in [-0.05, 0) is 54.6 Å². The second-order valence-corrected chi connectivity index (χ2v) is 9.00. The third kappa shape index (κ3) is 4.71. The van der Waals surface area contributed by atoms with Crippen molar-refractivity contribution in [2.75, 3.05) is 7.11 Å². The third-order valence-electron chi connectivity index (χ3n) is 5.84. The maximum absolute atomic E-state index is 13.5. The molecule has 5 aromatic rings. The molecule has 0 atom stereocenters. The van der Waals surface area contributed by atoms with E-state index in [0.717, 1.165) is 17.7 Å². The lowest BCUT2D eigenvalue weighted by molar-refractivity contribution is -0.137. The van der Waals surface area contributed by atoms with Crippen molar-refractivity contribution in [2.45, 2.75) is 6.18 Å². The molecule has 2 N–H and O–H groups in total. The molecule has 0 spiro atoms. The summed E-state index contributed by atoms with van der Waals surface area (Å²) in [7, 11) is 1.57. The third-order valence-corrected chi connectivity index (χ3v) is 6.59. The molecule has 3 aromatic carbocycles. The standard InChI is InChI=1S/C27H18F3N3O4S/c1-37-19-8-5-15(6-9-19)22-14-38-26(32-22)31-13-21-20-10-7-17(27(28,29)30)12-23(20)33(24(21)34)18-4-2-3-16(11-18)25(35)36/h2-14,34H,1H3,(H,35,36). The van der Waals surface area contributed by atoms with Crippen molar-refractivity contribution in [3.05, 3.63) is 88.8 Å². The smallest absolute Gasteiger partial charge is 0.416 e. The van der Waals surface area contributed by atoms with E-state index in [1.54, 1.807) is 19.2 Å². The Kier molecular flexibility index (Phi) is 6.37. The number of aromatic hydroxyl groups is 1. The van der Waals surface area contributed by atoms with E-state index in [1.165, 1.54) is 52.5 Å². The monoisotopic (exact) mass is 537 g/mol. The summed E-state index contributed by atoms with van der Waals surface area (Å²) in [6.07, 6.45) is -3.28. The van der Waals surface area contributed by atoms with Gasteiger partial charge in [0.05, 0.1) is 35.0 Å². The fraction of sp³-hybridized carbons (Fsp3) is 0.0741. The Morgan fingerprint density at radius 2 is 1.87 bits per heavy atom. The molecule has 0 aliphatic carbocycles. The number of ether oxygens (including phenoxy) is 1. The van der Waals surface area contributed by atoms with Crippen molar-refractivity contribution in [2.24, 2.45) is 4.99 Å². The summed E-state index contributed by atoms with van der Waals surface area (Å²) in [5.41, 5.74) is 0.917. The summed E-state index contributed by atoms with van der Waals surface area (Å²) in [6.45, 7) is 0. The maximum atomic E-state index is 13.5. The molecule has 0 amide bonds. The molecular weight excluding hydrogens is 519 g/mol. The van der Waals surface area contributed by atoms with Crippen LogP contribution in [-0.4, -0.2) is 39.1 Å². The molecule has 0 aliphatic rings. The van der Waals surface area contributed by atoms with E-state index < -0.39 is 23.6 Å². The lowest BCUT2D eigenvalue weighted by Crippen LogP contribution is -2.05. The van der Waals surface area contributed by atoms with E-state index in [-0.39, 0.29) is 22.3 Å². The van der Waals surface area contributed by atoms with Crippen LogP contribution in [0.1, 0.15) is 21.5 Å². The highest BCUT2D eigenvalue weighted by atomic mass is 32.1. The van der Waals surface area contributed by atoms with Gasteiger partial charge in [0.1, 0.15) is 5.75 Å². The molecule has 0 saturated heterocycles. The summed E-state index contributed by atoms with van der Waals surface area (Å²) in [4.78, 5) is 20.3. The van der Waals surface area contributed by atoms with Gasteiger partial charge in [-0.1, -0.05) is 12.1 Å². The van der Waals surface area contributed by atoms with Crippen LogP contribution in [0.25, 0.3) is 27.8 Å². The van der Waals surface area contributed by atoms with Gasteiger partial charge in [-0.3, -0.25) is 4.57 Å². The van der Waals surface area contributed by atoms with Gasteiger partial charge in [-0.2, -0.15) is 13.2 Å². The maximum Gasteiger partial charge on any atom is 0.416 e. The molecule has 7 nitrogen and oxygen atoms in total. The molecule has 5 rings (SSSR count). The highest BCUT2D eigenvalue weighted by Crippen LogP contribution is 2.38. The van der Waals surface area contributed by atoms with Crippen molar-refractivity contribution in [3.8, 4) is 28.6 Å². The quantitative estimate of drug-likeness (QED) is 0.229. The van der Waals surface area contributed by atoms with Crippen molar-refractivity contribution >= 4 is 39.6 Å². The molecule has 11 heteroatoms. The number of fused-ring (bicyclic) bond motifs is 1. The Morgan fingerprint density at radius 3 is 2.55 bits per heavy atom. The molecule has 38 heavy (non-hydrogen) atoms. The van der Waals surface area contributed by atoms with Gasteiger partial charge in [-0.25, -0.2) is 14.8 Å². The largest absolute Gasteiger partial charge is 0.497 e. The van der Waals surface area contributed by atoms with E-state index in [1.807, 2.05) is 17.5 Å². The predicted octanol–water partition coefficient (Wildman–Crippen LogP) is 6.94. The minimum Gasteiger partial charge on any atom is -0.497 e. The number of carboxylic acids is 1. The number of carbonyl (C=O) groups is 1. The number of benzene rings is 3. The second-order valence-electron chi connectivity index (χ2n) is 8.16. The molecule has 0 radical (unpaired) electrons. The molecule has 0 fully saturated rings. The van der Waals surface area contributed by atoms with E-state index in [4.69, 9.17) is 4.74 Å². The second kappa shape index (κ2) is 9.67. The van der Waals surface area contributed by atoms with Crippen LogP contribution in [0.4, 0.5) is 18.3 Å². The van der Waals surface area contributed by atoms with Gasteiger partial charge in [0.2, 0.25) is 11.0 Å². The van der Waals surface area contributed by atoms with Crippen LogP contribution in [0.3, 0.4) is 0 Å². The number of aliphatic imine (C=N–C) groups is 1. The van der Waals surface area contributed by atoms with Crippen LogP contribution in [0.5, 0.6) is 11.6 Å². The predicted molar refractivity (Wildman–Crippen MR) is 138 cm³/mol. The first-order valence-corrected chi connectivity index (χ1v) is 12.0. The molecule has 192 valence electrons. The Labute approximate surface area is 217 Å². The van der Waals surface area contributed by atoms with Crippen LogP contribution in [0.2, 0.25) is 0 Å². The van der Waals surface area contributed by atoms with Gasteiger partial charge in [0.15, 0.2) is 0 Å². The van der Waals surface area contributed by atoms with E-state index in [9.17, 15) is 28.2 Å². The first-order chi connectivity index (χ1) is 18.2. The molecule has 0 saturated carbocycles. The molecule has 0 bridgehead atoms. The zero-order valence-corrected chi connectivity index (χ0v) is 20.4. The van der Waals surface area contributed by atoms with Crippen LogP contribution >= 0.6 is 11.3 Å². The number of rotatable bonds is 6. The van der Waals surface area contributed by atoms with E-state index in [0.29, 0.717) is 22.0 Å². The highest BCUT2D eigenvalue weighted by Gasteiger charge is 2.31. The Hall–Kier alpha value is -4.64. The van der Waals surface area contributed by atoms with Crippen LogP contribution in [0, 0.1) is 0 Å². The normalized spacial score (nSPS) is 11.9. The molecule has 0 unspecified atom stereocenters. The average molecular weight is 538 g/mol. The first kappa shape index (κ1) is 25.0. The number of thiazole rings is 1. The number of methoxy groups -OCH3 is 1. The first-order valence-electron chi connectivity index (χ1n) is 11.1. The summed E-state index contributed by atoms with van der Waals surface area (Å²) in [5, 5.41) is 23.0. The Bertz CT molecular complexity index is 1690. The number of nitrogens with zero attached hydrogens (tertiary/aromatic N) is 3. The van der Waals surface area contributed by atoms with Crippen molar-refractivity contribution in [1.29, 1.82) is 0 Å². The SMILES string of the molecule is COc1ccc(-c2csc(N=Cc3c(O)n(-c4cccc(C(=O)O)c4)c4cc(C(F)(F)F)ccc34)n2)cc1. The zero-order chi connectivity index (χ0) is 27.0. The van der Waals surface area contributed by atoms with Crippen LogP contribution in [0.15, 0.2) is 77.1 Å². The number of aromatic carboxylic acids is 1. The number of carboxylic acid groups (broad SMARTS) is 1. The summed E-state index contributed by atoms with van der Waals surface area (Å²) < 4.78 is 46.8. The van der Waals surface area contributed by atoms with Gasteiger partial charge < -0.3 is 14.9 Å². The molecule has 0 aliphatic heterocycles. The fourth-order valence-electron chi connectivity index (χ4n) is 3.98.